The molecule has 0 atom stereocenters. The summed E-state index contributed by atoms with van der Waals surface area (Å²) < 4.78 is 5.35. The molecule has 0 radical (unpaired) electrons. The SMILES string of the molecule is Cc1ccc2snc(N=C(N)CCl)c2c1. The van der Waals surface area contributed by atoms with Crippen molar-refractivity contribution in [3.05, 3.63) is 23.8 Å². The Morgan fingerprint density at radius 1 is 1.60 bits per heavy atom. The minimum absolute atomic E-state index is 0.227. The van der Waals surface area contributed by atoms with Crippen LogP contribution >= 0.6 is 23.1 Å². The highest BCUT2D eigenvalue weighted by Crippen LogP contribution is 2.29. The van der Waals surface area contributed by atoms with Crippen LogP contribution in [0.15, 0.2) is 23.2 Å². The fraction of sp³-hybridized carbons (Fsp3) is 0.200. The van der Waals surface area contributed by atoms with Crippen LogP contribution in [-0.2, 0) is 0 Å². The molecule has 1 heterocycles. The number of aromatic nitrogens is 1. The van der Waals surface area contributed by atoms with Crippen LogP contribution in [0.1, 0.15) is 5.56 Å². The second-order valence-corrected chi connectivity index (χ2v) is 4.31. The number of aryl methyl sites for hydroxylation is 1. The minimum Gasteiger partial charge on any atom is -0.386 e. The smallest absolute Gasteiger partial charge is 0.175 e. The lowest BCUT2D eigenvalue weighted by molar-refractivity contribution is 1.40. The van der Waals surface area contributed by atoms with Crippen molar-refractivity contribution in [2.45, 2.75) is 6.92 Å². The molecule has 3 nitrogen and oxygen atoms in total. The van der Waals surface area contributed by atoms with E-state index in [1.54, 1.807) is 0 Å². The third-order valence-electron chi connectivity index (χ3n) is 1.99. The maximum atomic E-state index is 5.58. The lowest BCUT2D eigenvalue weighted by Crippen LogP contribution is -2.12. The van der Waals surface area contributed by atoms with Crippen LogP contribution in [0.5, 0.6) is 0 Å². The number of nitrogens with two attached hydrogens (primary N) is 1. The zero-order valence-corrected chi connectivity index (χ0v) is 9.77. The Bertz CT molecular complexity index is 518. The first kappa shape index (κ1) is 10.4. The van der Waals surface area contributed by atoms with Gasteiger partial charge in [-0.05, 0) is 30.6 Å². The average molecular weight is 240 g/mol. The lowest BCUT2D eigenvalue weighted by Gasteiger charge is -1.94. The normalized spacial score (nSPS) is 12.3. The number of rotatable bonds is 2. The van der Waals surface area contributed by atoms with Gasteiger partial charge in [0.1, 0.15) is 5.84 Å². The zero-order chi connectivity index (χ0) is 10.8. The van der Waals surface area contributed by atoms with Gasteiger partial charge in [-0.1, -0.05) is 11.6 Å². The highest BCUT2D eigenvalue weighted by Gasteiger charge is 2.05. The molecule has 0 spiro atoms. The molecule has 1 aromatic carbocycles. The summed E-state index contributed by atoms with van der Waals surface area (Å²) in [4.78, 5) is 4.17. The summed E-state index contributed by atoms with van der Waals surface area (Å²) >= 11 is 6.99. The zero-order valence-electron chi connectivity index (χ0n) is 8.20. The predicted octanol–water partition coefficient (Wildman–Crippen LogP) is 2.83. The van der Waals surface area contributed by atoms with Crippen LogP contribution < -0.4 is 5.73 Å². The summed E-state index contributed by atoms with van der Waals surface area (Å²) in [6.45, 7) is 2.04. The van der Waals surface area contributed by atoms with Crippen molar-refractivity contribution < 1.29 is 0 Å². The summed E-state index contributed by atoms with van der Waals surface area (Å²) in [5.41, 5.74) is 6.76. The Labute approximate surface area is 96.7 Å². The van der Waals surface area contributed by atoms with E-state index in [0.29, 0.717) is 11.7 Å². The molecule has 0 aliphatic heterocycles. The molecule has 0 fully saturated rings. The van der Waals surface area contributed by atoms with Crippen LogP contribution in [0.2, 0.25) is 0 Å². The Kier molecular flexibility index (Phi) is 2.88. The summed E-state index contributed by atoms with van der Waals surface area (Å²) in [5.74, 6) is 1.28. The van der Waals surface area contributed by atoms with E-state index in [4.69, 9.17) is 17.3 Å². The second-order valence-electron chi connectivity index (χ2n) is 3.24. The maximum Gasteiger partial charge on any atom is 0.175 e. The van der Waals surface area contributed by atoms with Crippen LogP contribution in [-0.4, -0.2) is 16.1 Å². The number of hydrogen-bond acceptors (Lipinski definition) is 3. The molecular formula is C10H10ClN3S. The fourth-order valence-corrected chi connectivity index (χ4v) is 2.05. The van der Waals surface area contributed by atoms with Gasteiger partial charge < -0.3 is 5.73 Å². The van der Waals surface area contributed by atoms with Gasteiger partial charge in [0.05, 0.1) is 10.6 Å². The van der Waals surface area contributed by atoms with Crippen molar-refractivity contribution in [1.82, 2.24) is 4.37 Å². The van der Waals surface area contributed by atoms with E-state index >= 15 is 0 Å². The number of aliphatic imine (C=N–C) groups is 1. The van der Waals surface area contributed by atoms with Crippen molar-refractivity contribution in [3.63, 3.8) is 0 Å². The Hall–Kier alpha value is -1.13. The molecule has 2 N–H and O–H groups in total. The highest BCUT2D eigenvalue weighted by molar-refractivity contribution is 7.13. The molecule has 2 rings (SSSR count). The number of hydrogen-bond donors (Lipinski definition) is 1. The lowest BCUT2D eigenvalue weighted by atomic mass is 10.2. The van der Waals surface area contributed by atoms with Crippen LogP contribution in [0, 0.1) is 6.92 Å². The van der Waals surface area contributed by atoms with Crippen molar-refractivity contribution in [3.8, 4) is 0 Å². The molecule has 2 aromatic rings. The Balaban J connectivity index is 2.57. The quantitative estimate of drug-likeness (QED) is 0.498. The van der Waals surface area contributed by atoms with E-state index in [2.05, 4.69) is 21.5 Å². The van der Waals surface area contributed by atoms with Gasteiger partial charge in [-0.2, -0.15) is 4.37 Å². The fourth-order valence-electron chi connectivity index (χ4n) is 1.29. The number of benzene rings is 1. The first-order valence-electron chi connectivity index (χ1n) is 4.46. The first-order valence-corrected chi connectivity index (χ1v) is 5.76. The number of amidine groups is 1. The van der Waals surface area contributed by atoms with Gasteiger partial charge in [0.2, 0.25) is 0 Å². The van der Waals surface area contributed by atoms with Gasteiger partial charge in [0.15, 0.2) is 5.82 Å². The third kappa shape index (κ3) is 2.11. The van der Waals surface area contributed by atoms with Crippen LogP contribution in [0.4, 0.5) is 5.82 Å². The highest BCUT2D eigenvalue weighted by atomic mass is 35.5. The number of nitrogens with zero attached hydrogens (tertiary/aromatic N) is 2. The van der Waals surface area contributed by atoms with E-state index in [-0.39, 0.29) is 5.88 Å². The van der Waals surface area contributed by atoms with Gasteiger partial charge in [0.25, 0.3) is 0 Å². The minimum atomic E-state index is 0.227. The van der Waals surface area contributed by atoms with Crippen molar-refractivity contribution in [1.29, 1.82) is 0 Å². The van der Waals surface area contributed by atoms with Gasteiger partial charge in [-0.25, -0.2) is 4.99 Å². The number of alkyl halides is 1. The van der Waals surface area contributed by atoms with Gasteiger partial charge >= 0.3 is 0 Å². The molecule has 78 valence electrons. The molecule has 0 bridgehead atoms. The van der Waals surface area contributed by atoms with Crippen LogP contribution in [0.25, 0.3) is 10.1 Å². The first-order chi connectivity index (χ1) is 7.20. The van der Waals surface area contributed by atoms with Crippen molar-refractivity contribution in [2.24, 2.45) is 10.7 Å². The standard InChI is InChI=1S/C10H10ClN3S/c1-6-2-3-8-7(4-6)10(14-15-8)13-9(12)5-11/h2-4H,5H2,1H3,(H2,12,13,14). The van der Waals surface area contributed by atoms with Gasteiger partial charge in [0, 0.05) is 5.39 Å². The van der Waals surface area contributed by atoms with Crippen LogP contribution in [0.3, 0.4) is 0 Å². The number of fused-ring (bicyclic) bond motifs is 1. The Morgan fingerprint density at radius 3 is 3.13 bits per heavy atom. The summed E-state index contributed by atoms with van der Waals surface area (Å²) in [5, 5.41) is 1.04. The molecule has 0 saturated heterocycles. The second kappa shape index (κ2) is 4.16. The van der Waals surface area contributed by atoms with E-state index in [1.165, 1.54) is 17.1 Å². The molecule has 0 amide bonds. The molecule has 0 aliphatic rings. The van der Waals surface area contributed by atoms with Crippen molar-refractivity contribution >= 4 is 44.9 Å². The monoisotopic (exact) mass is 239 g/mol. The molecule has 5 heteroatoms. The van der Waals surface area contributed by atoms with E-state index in [9.17, 15) is 0 Å². The summed E-state index contributed by atoms with van der Waals surface area (Å²) in [6, 6.07) is 6.15. The number of halogens is 1. The molecular weight excluding hydrogens is 230 g/mol. The molecule has 0 aliphatic carbocycles. The molecule has 0 unspecified atom stereocenters. The summed E-state index contributed by atoms with van der Waals surface area (Å²) in [7, 11) is 0. The molecule has 1 aromatic heterocycles. The maximum absolute atomic E-state index is 5.58. The van der Waals surface area contributed by atoms with Crippen molar-refractivity contribution in [2.75, 3.05) is 5.88 Å². The van der Waals surface area contributed by atoms with Gasteiger partial charge in [-0.3, -0.25) is 0 Å². The van der Waals surface area contributed by atoms with E-state index in [1.807, 2.05) is 13.0 Å². The predicted molar refractivity (Wildman–Crippen MR) is 66.4 cm³/mol. The van der Waals surface area contributed by atoms with E-state index in [0.717, 1.165) is 10.1 Å². The molecule has 15 heavy (non-hydrogen) atoms. The summed E-state index contributed by atoms with van der Waals surface area (Å²) in [6.07, 6.45) is 0. The Morgan fingerprint density at radius 2 is 2.40 bits per heavy atom. The molecule has 0 saturated carbocycles. The van der Waals surface area contributed by atoms with E-state index < -0.39 is 0 Å². The topological polar surface area (TPSA) is 51.3 Å². The largest absolute Gasteiger partial charge is 0.386 e. The average Bonchev–Trinajstić information content (AvgIpc) is 2.61. The van der Waals surface area contributed by atoms with Gasteiger partial charge in [-0.15, -0.1) is 11.6 Å². The third-order valence-corrected chi connectivity index (χ3v) is 3.08.